The number of hydrogen-bond donors (Lipinski definition) is 2. The number of nitrogens with zero attached hydrogens (tertiary/aromatic N) is 1. The summed E-state index contributed by atoms with van der Waals surface area (Å²) in [7, 11) is -3.37. The highest BCUT2D eigenvalue weighted by molar-refractivity contribution is 7.89. The van der Waals surface area contributed by atoms with E-state index in [-0.39, 0.29) is 18.7 Å². The first kappa shape index (κ1) is 16.4. The first-order valence-electron chi connectivity index (χ1n) is 6.92. The van der Waals surface area contributed by atoms with Gasteiger partial charge < -0.3 is 10.4 Å². The van der Waals surface area contributed by atoms with E-state index in [2.05, 4.69) is 5.32 Å². The highest BCUT2D eigenvalue weighted by Crippen LogP contribution is 2.12. The van der Waals surface area contributed by atoms with Crippen LogP contribution in [0.1, 0.15) is 12.0 Å². The van der Waals surface area contributed by atoms with Crippen LogP contribution < -0.4 is 5.32 Å². The van der Waals surface area contributed by atoms with Crippen molar-refractivity contribution in [1.82, 2.24) is 9.62 Å². The molecule has 1 amide bonds. The molecule has 1 aliphatic rings. The van der Waals surface area contributed by atoms with E-state index in [0.717, 1.165) is 9.87 Å². The van der Waals surface area contributed by atoms with Crippen molar-refractivity contribution < 1.29 is 23.1 Å². The number of carbonyl (C=O) groups excluding carboxylic acids is 1. The molecule has 1 saturated heterocycles. The Morgan fingerprint density at radius 2 is 1.95 bits per heavy atom. The molecule has 1 aliphatic heterocycles. The van der Waals surface area contributed by atoms with Crippen LogP contribution in [0.25, 0.3) is 0 Å². The van der Waals surface area contributed by atoms with Crippen molar-refractivity contribution in [2.45, 2.75) is 18.9 Å². The molecular weight excluding hydrogens is 308 g/mol. The second-order valence-corrected chi connectivity index (χ2v) is 7.24. The number of carboxylic acid groups (broad SMARTS) is 1. The summed E-state index contributed by atoms with van der Waals surface area (Å²) < 4.78 is 24.4. The minimum Gasteiger partial charge on any atom is -0.480 e. The van der Waals surface area contributed by atoms with Gasteiger partial charge in [0, 0.05) is 13.0 Å². The zero-order valence-electron chi connectivity index (χ0n) is 11.9. The number of benzene rings is 1. The first-order chi connectivity index (χ1) is 10.4. The largest absolute Gasteiger partial charge is 0.480 e. The quantitative estimate of drug-likeness (QED) is 0.755. The summed E-state index contributed by atoms with van der Waals surface area (Å²) in [6.45, 7) is -0.0346. The Bertz CT molecular complexity index is 644. The Hall–Kier alpha value is -1.93. The average Bonchev–Trinajstić information content (AvgIpc) is 2.78. The molecule has 0 aliphatic carbocycles. The first-order valence-corrected chi connectivity index (χ1v) is 8.53. The molecule has 22 heavy (non-hydrogen) atoms. The number of hydrogen-bond acceptors (Lipinski definition) is 4. The molecule has 0 spiro atoms. The maximum absolute atomic E-state index is 11.9. The Labute approximate surface area is 129 Å². The number of aliphatic carboxylic acids is 1. The van der Waals surface area contributed by atoms with Crippen LogP contribution >= 0.6 is 0 Å². The normalized spacial score (nSPS) is 18.7. The second-order valence-electron chi connectivity index (χ2n) is 5.15. The van der Waals surface area contributed by atoms with Crippen LogP contribution in [0.2, 0.25) is 0 Å². The molecule has 1 aromatic rings. The maximum atomic E-state index is 11.9. The van der Waals surface area contributed by atoms with Crippen LogP contribution in [0.3, 0.4) is 0 Å². The van der Waals surface area contributed by atoms with Gasteiger partial charge in [0.1, 0.15) is 6.04 Å². The van der Waals surface area contributed by atoms with Crippen molar-refractivity contribution >= 4 is 21.9 Å². The van der Waals surface area contributed by atoms with E-state index in [1.165, 1.54) is 0 Å². The summed E-state index contributed by atoms with van der Waals surface area (Å²) in [6.07, 6.45) is 0.636. The van der Waals surface area contributed by atoms with Crippen LogP contribution in [0.4, 0.5) is 0 Å². The molecule has 0 radical (unpaired) electrons. The van der Waals surface area contributed by atoms with E-state index in [9.17, 15) is 23.1 Å². The Balaban J connectivity index is 1.96. The van der Waals surface area contributed by atoms with Crippen LogP contribution in [0, 0.1) is 0 Å². The molecule has 8 heteroatoms. The van der Waals surface area contributed by atoms with E-state index >= 15 is 0 Å². The van der Waals surface area contributed by atoms with Crippen LogP contribution in [0.5, 0.6) is 0 Å². The van der Waals surface area contributed by atoms with Gasteiger partial charge in [-0.3, -0.25) is 4.79 Å². The Morgan fingerprint density at radius 1 is 1.27 bits per heavy atom. The predicted octanol–water partition coefficient (Wildman–Crippen LogP) is -0.166. The molecule has 0 saturated carbocycles. The number of sulfonamides is 1. The van der Waals surface area contributed by atoms with Crippen molar-refractivity contribution in [2.24, 2.45) is 0 Å². The lowest BCUT2D eigenvalue weighted by atomic mass is 10.1. The zero-order chi connectivity index (χ0) is 16.2. The molecule has 1 atom stereocenters. The van der Waals surface area contributed by atoms with Crippen LogP contribution in [-0.2, 0) is 26.0 Å². The molecule has 1 unspecified atom stereocenters. The number of rotatable bonds is 6. The van der Waals surface area contributed by atoms with Gasteiger partial charge in [-0.1, -0.05) is 30.3 Å². The monoisotopic (exact) mass is 326 g/mol. The number of amides is 1. The second kappa shape index (κ2) is 6.89. The summed E-state index contributed by atoms with van der Waals surface area (Å²) in [5, 5.41) is 11.6. The summed E-state index contributed by atoms with van der Waals surface area (Å²) in [4.78, 5) is 23.2. The smallest absolute Gasteiger partial charge is 0.326 e. The van der Waals surface area contributed by atoms with E-state index in [1.807, 2.05) is 6.07 Å². The summed E-state index contributed by atoms with van der Waals surface area (Å²) in [5.74, 6) is -1.72. The standard InChI is InChI=1S/C14H18N2O5S/c17-13(10-16-7-4-8-22(16,20)21)15-12(14(18)19)9-11-5-2-1-3-6-11/h1-3,5-6,12H,4,7-10H2,(H,15,17)(H,18,19). The third-order valence-electron chi connectivity index (χ3n) is 3.44. The predicted molar refractivity (Wildman–Crippen MR) is 79.7 cm³/mol. The molecule has 0 bridgehead atoms. The average molecular weight is 326 g/mol. The van der Waals surface area contributed by atoms with Gasteiger partial charge in [0.2, 0.25) is 15.9 Å². The van der Waals surface area contributed by atoms with Crippen molar-refractivity contribution in [1.29, 1.82) is 0 Å². The van der Waals surface area contributed by atoms with E-state index in [4.69, 9.17) is 0 Å². The minimum atomic E-state index is -3.37. The number of carboxylic acids is 1. The Kier molecular flexibility index (Phi) is 5.15. The van der Waals surface area contributed by atoms with E-state index in [1.54, 1.807) is 24.3 Å². The summed E-state index contributed by atoms with van der Waals surface area (Å²) in [6, 6.07) is 7.84. The molecule has 0 aromatic heterocycles. The third kappa shape index (κ3) is 4.28. The SMILES string of the molecule is O=C(CN1CCCS1(=O)=O)NC(Cc1ccccc1)C(=O)O. The molecule has 120 valence electrons. The van der Waals surface area contributed by atoms with Crippen LogP contribution in [-0.4, -0.2) is 54.6 Å². The van der Waals surface area contributed by atoms with Crippen molar-refractivity contribution in [3.8, 4) is 0 Å². The highest BCUT2D eigenvalue weighted by atomic mass is 32.2. The van der Waals surface area contributed by atoms with Crippen molar-refractivity contribution in [2.75, 3.05) is 18.8 Å². The molecule has 2 rings (SSSR count). The van der Waals surface area contributed by atoms with Gasteiger partial charge in [-0.2, -0.15) is 4.31 Å². The summed E-state index contributed by atoms with van der Waals surface area (Å²) >= 11 is 0. The third-order valence-corrected chi connectivity index (χ3v) is 5.34. The Morgan fingerprint density at radius 3 is 2.50 bits per heavy atom. The maximum Gasteiger partial charge on any atom is 0.326 e. The fourth-order valence-electron chi connectivity index (χ4n) is 2.32. The van der Waals surface area contributed by atoms with Crippen LogP contribution in [0.15, 0.2) is 30.3 Å². The zero-order valence-corrected chi connectivity index (χ0v) is 12.8. The van der Waals surface area contributed by atoms with Gasteiger partial charge in [-0.15, -0.1) is 0 Å². The lowest BCUT2D eigenvalue weighted by Crippen LogP contribution is -2.46. The molecule has 1 aromatic carbocycles. The van der Waals surface area contributed by atoms with E-state index in [0.29, 0.717) is 13.0 Å². The van der Waals surface area contributed by atoms with Crippen molar-refractivity contribution in [3.05, 3.63) is 35.9 Å². The lowest BCUT2D eigenvalue weighted by molar-refractivity contribution is -0.141. The van der Waals surface area contributed by atoms with E-state index < -0.39 is 27.9 Å². The molecular formula is C14H18N2O5S. The highest BCUT2D eigenvalue weighted by Gasteiger charge is 2.31. The molecule has 7 nitrogen and oxygen atoms in total. The molecule has 1 fully saturated rings. The number of carbonyl (C=O) groups is 2. The van der Waals surface area contributed by atoms with Gasteiger partial charge in [0.05, 0.1) is 12.3 Å². The molecule has 1 heterocycles. The number of nitrogens with one attached hydrogen (secondary N) is 1. The minimum absolute atomic E-state index is 0.0344. The van der Waals surface area contributed by atoms with Gasteiger partial charge >= 0.3 is 5.97 Å². The fourth-order valence-corrected chi connectivity index (χ4v) is 3.79. The van der Waals surface area contributed by atoms with Gasteiger partial charge in [0.15, 0.2) is 0 Å². The fraction of sp³-hybridized carbons (Fsp3) is 0.429. The molecule has 2 N–H and O–H groups in total. The van der Waals surface area contributed by atoms with Gasteiger partial charge in [-0.05, 0) is 12.0 Å². The van der Waals surface area contributed by atoms with Gasteiger partial charge in [-0.25, -0.2) is 13.2 Å². The topological polar surface area (TPSA) is 104 Å². The summed E-state index contributed by atoms with van der Waals surface area (Å²) in [5.41, 5.74) is 0.781. The van der Waals surface area contributed by atoms with Gasteiger partial charge in [0.25, 0.3) is 0 Å². The lowest BCUT2D eigenvalue weighted by Gasteiger charge is -2.18. The van der Waals surface area contributed by atoms with Crippen molar-refractivity contribution in [3.63, 3.8) is 0 Å².